The Morgan fingerprint density at radius 1 is 1.25 bits per heavy atom. The first kappa shape index (κ1) is 13.4. The first-order chi connectivity index (χ1) is 9.58. The SMILES string of the molecule is CC1Cc2ccccc2N1C(=O)c1nc(Cl)ccc1Cl. The molecule has 1 aliphatic rings. The van der Waals surface area contributed by atoms with Gasteiger partial charge in [0.2, 0.25) is 0 Å². The number of nitrogens with zero attached hydrogens (tertiary/aromatic N) is 2. The number of anilines is 1. The Morgan fingerprint density at radius 2 is 2.00 bits per heavy atom. The molecule has 0 N–H and O–H groups in total. The maximum Gasteiger partial charge on any atom is 0.278 e. The number of fused-ring (bicyclic) bond motifs is 1. The molecule has 1 atom stereocenters. The number of hydrogen-bond donors (Lipinski definition) is 0. The lowest BCUT2D eigenvalue weighted by Crippen LogP contribution is -2.36. The van der Waals surface area contributed by atoms with E-state index in [2.05, 4.69) is 4.98 Å². The number of carbonyl (C=O) groups is 1. The molecule has 0 saturated carbocycles. The fourth-order valence-corrected chi connectivity index (χ4v) is 2.89. The minimum atomic E-state index is -0.213. The van der Waals surface area contributed by atoms with E-state index in [0.717, 1.165) is 17.7 Å². The molecule has 1 amide bonds. The predicted octanol–water partition coefficient (Wildman–Crippen LogP) is 3.98. The van der Waals surface area contributed by atoms with E-state index in [-0.39, 0.29) is 22.8 Å². The van der Waals surface area contributed by atoms with Crippen LogP contribution in [0.25, 0.3) is 0 Å². The maximum absolute atomic E-state index is 12.7. The molecule has 0 radical (unpaired) electrons. The summed E-state index contributed by atoms with van der Waals surface area (Å²) in [6.45, 7) is 2.01. The summed E-state index contributed by atoms with van der Waals surface area (Å²) >= 11 is 11.9. The van der Waals surface area contributed by atoms with Crippen molar-refractivity contribution in [1.29, 1.82) is 0 Å². The third-order valence-electron chi connectivity index (χ3n) is 3.44. The highest BCUT2D eigenvalue weighted by molar-refractivity contribution is 6.35. The van der Waals surface area contributed by atoms with Crippen LogP contribution < -0.4 is 4.90 Å². The van der Waals surface area contributed by atoms with Crippen molar-refractivity contribution >= 4 is 34.8 Å². The van der Waals surface area contributed by atoms with E-state index in [9.17, 15) is 4.79 Å². The molecule has 0 aliphatic carbocycles. The van der Waals surface area contributed by atoms with Gasteiger partial charge in [0.15, 0.2) is 0 Å². The first-order valence-corrected chi connectivity index (χ1v) is 7.07. The van der Waals surface area contributed by atoms with E-state index in [1.54, 1.807) is 17.0 Å². The van der Waals surface area contributed by atoms with Crippen LogP contribution in [0.4, 0.5) is 5.69 Å². The summed E-state index contributed by atoms with van der Waals surface area (Å²) in [4.78, 5) is 18.5. The number of rotatable bonds is 1. The van der Waals surface area contributed by atoms with E-state index >= 15 is 0 Å². The van der Waals surface area contributed by atoms with E-state index in [1.165, 1.54) is 0 Å². The molecule has 0 spiro atoms. The van der Waals surface area contributed by atoms with E-state index in [0.29, 0.717) is 5.02 Å². The Bertz CT molecular complexity index is 687. The number of para-hydroxylation sites is 1. The molecule has 3 rings (SSSR count). The van der Waals surface area contributed by atoms with E-state index < -0.39 is 0 Å². The first-order valence-electron chi connectivity index (χ1n) is 6.31. The van der Waals surface area contributed by atoms with Gasteiger partial charge in [-0.1, -0.05) is 41.4 Å². The van der Waals surface area contributed by atoms with Crippen molar-refractivity contribution in [3.05, 3.63) is 57.8 Å². The van der Waals surface area contributed by atoms with Crippen LogP contribution in [-0.2, 0) is 6.42 Å². The fourth-order valence-electron chi connectivity index (χ4n) is 2.56. The smallest absolute Gasteiger partial charge is 0.278 e. The lowest BCUT2D eigenvalue weighted by molar-refractivity contribution is 0.0977. The molecule has 1 unspecified atom stereocenters. The lowest BCUT2D eigenvalue weighted by atomic mass is 10.1. The second-order valence-electron chi connectivity index (χ2n) is 4.82. The number of amides is 1. The third kappa shape index (κ3) is 2.17. The number of aromatic nitrogens is 1. The Labute approximate surface area is 127 Å². The van der Waals surface area contributed by atoms with Crippen LogP contribution >= 0.6 is 23.2 Å². The van der Waals surface area contributed by atoms with E-state index in [4.69, 9.17) is 23.2 Å². The molecule has 2 heterocycles. The molecule has 1 aliphatic heterocycles. The average Bonchev–Trinajstić information content (AvgIpc) is 2.76. The molecule has 0 bridgehead atoms. The summed E-state index contributed by atoms with van der Waals surface area (Å²) in [6.07, 6.45) is 0.833. The van der Waals surface area contributed by atoms with Gasteiger partial charge in [-0.2, -0.15) is 0 Å². The average molecular weight is 307 g/mol. The van der Waals surface area contributed by atoms with Crippen molar-refractivity contribution in [1.82, 2.24) is 4.98 Å². The third-order valence-corrected chi connectivity index (χ3v) is 3.96. The number of carbonyl (C=O) groups excluding carboxylic acids is 1. The van der Waals surface area contributed by atoms with Crippen LogP contribution in [0.5, 0.6) is 0 Å². The predicted molar refractivity (Wildman–Crippen MR) is 80.7 cm³/mol. The normalized spacial score (nSPS) is 17.1. The zero-order chi connectivity index (χ0) is 14.3. The number of halogens is 2. The molecule has 1 aromatic heterocycles. The number of hydrogen-bond acceptors (Lipinski definition) is 2. The Kier molecular flexibility index (Phi) is 3.40. The van der Waals surface area contributed by atoms with Gasteiger partial charge in [0.1, 0.15) is 10.8 Å². The van der Waals surface area contributed by atoms with Gasteiger partial charge in [-0.15, -0.1) is 0 Å². The molecule has 0 fully saturated rings. The topological polar surface area (TPSA) is 33.2 Å². The molecule has 3 nitrogen and oxygen atoms in total. The molecule has 2 aromatic rings. The van der Waals surface area contributed by atoms with Crippen LogP contribution in [0.1, 0.15) is 23.0 Å². The van der Waals surface area contributed by atoms with Crippen LogP contribution in [0.2, 0.25) is 10.2 Å². The highest BCUT2D eigenvalue weighted by Gasteiger charge is 2.32. The van der Waals surface area contributed by atoms with Gasteiger partial charge in [0.25, 0.3) is 5.91 Å². The van der Waals surface area contributed by atoms with Crippen molar-refractivity contribution in [3.63, 3.8) is 0 Å². The lowest BCUT2D eigenvalue weighted by Gasteiger charge is -2.22. The van der Waals surface area contributed by atoms with Crippen LogP contribution in [0.3, 0.4) is 0 Å². The number of benzene rings is 1. The molecule has 1 aromatic carbocycles. The fraction of sp³-hybridized carbons (Fsp3) is 0.200. The van der Waals surface area contributed by atoms with Gasteiger partial charge in [0, 0.05) is 11.7 Å². The van der Waals surface area contributed by atoms with E-state index in [1.807, 2.05) is 31.2 Å². The largest absolute Gasteiger partial charge is 0.304 e. The monoisotopic (exact) mass is 306 g/mol. The summed E-state index contributed by atoms with van der Waals surface area (Å²) in [5.74, 6) is -0.213. The Balaban J connectivity index is 2.05. The summed E-state index contributed by atoms with van der Waals surface area (Å²) in [7, 11) is 0. The molecule has 0 saturated heterocycles. The minimum absolute atomic E-state index is 0.0803. The highest BCUT2D eigenvalue weighted by atomic mass is 35.5. The van der Waals surface area contributed by atoms with Crippen LogP contribution in [0.15, 0.2) is 36.4 Å². The van der Waals surface area contributed by atoms with Crippen LogP contribution in [-0.4, -0.2) is 16.9 Å². The standard InChI is InChI=1S/C15H12Cl2N2O/c1-9-8-10-4-2-3-5-12(10)19(9)15(20)14-11(16)6-7-13(17)18-14/h2-7,9H,8H2,1H3. The van der Waals surface area contributed by atoms with Crippen molar-refractivity contribution < 1.29 is 4.79 Å². The molecular weight excluding hydrogens is 295 g/mol. The van der Waals surface area contributed by atoms with Crippen molar-refractivity contribution in [2.75, 3.05) is 4.90 Å². The molecule has 5 heteroatoms. The van der Waals surface area contributed by atoms with Crippen LogP contribution in [0, 0.1) is 0 Å². The van der Waals surface area contributed by atoms with Gasteiger partial charge in [-0.05, 0) is 37.1 Å². The summed E-state index contributed by atoms with van der Waals surface area (Å²) in [6, 6.07) is 11.1. The Morgan fingerprint density at radius 3 is 2.80 bits per heavy atom. The molecular formula is C15H12Cl2N2O. The Hall–Kier alpha value is -1.58. The highest BCUT2D eigenvalue weighted by Crippen LogP contribution is 2.33. The zero-order valence-corrected chi connectivity index (χ0v) is 12.3. The van der Waals surface area contributed by atoms with Gasteiger partial charge in [-0.25, -0.2) is 4.98 Å². The second-order valence-corrected chi connectivity index (χ2v) is 5.62. The quantitative estimate of drug-likeness (QED) is 0.747. The number of pyridine rings is 1. The maximum atomic E-state index is 12.7. The van der Waals surface area contributed by atoms with Crippen molar-refractivity contribution in [2.45, 2.75) is 19.4 Å². The van der Waals surface area contributed by atoms with Crippen molar-refractivity contribution in [2.24, 2.45) is 0 Å². The van der Waals surface area contributed by atoms with Gasteiger partial charge < -0.3 is 4.90 Å². The van der Waals surface area contributed by atoms with Gasteiger partial charge in [0.05, 0.1) is 5.02 Å². The molecule has 20 heavy (non-hydrogen) atoms. The van der Waals surface area contributed by atoms with Crippen molar-refractivity contribution in [3.8, 4) is 0 Å². The summed E-state index contributed by atoms with van der Waals surface area (Å²) in [5.41, 5.74) is 2.28. The zero-order valence-electron chi connectivity index (χ0n) is 10.8. The summed E-state index contributed by atoms with van der Waals surface area (Å²) in [5, 5.41) is 0.578. The summed E-state index contributed by atoms with van der Waals surface area (Å²) < 4.78 is 0. The molecule has 102 valence electrons. The second kappa shape index (κ2) is 5.08. The minimum Gasteiger partial charge on any atom is -0.304 e. The van der Waals surface area contributed by atoms with Gasteiger partial charge in [-0.3, -0.25) is 4.79 Å². The van der Waals surface area contributed by atoms with Gasteiger partial charge >= 0.3 is 0 Å².